The molecule has 3 nitrogen and oxygen atoms in total. The minimum atomic E-state index is -4.00. The maximum absolute atomic E-state index is 14.6. The van der Waals surface area contributed by atoms with E-state index in [-0.39, 0.29) is 0 Å². The summed E-state index contributed by atoms with van der Waals surface area (Å²) in [6.07, 6.45) is 0.693. The van der Waals surface area contributed by atoms with Crippen LogP contribution in [0, 0.1) is 0 Å². The van der Waals surface area contributed by atoms with Crippen LogP contribution in [0.2, 0.25) is 0 Å². The van der Waals surface area contributed by atoms with Crippen molar-refractivity contribution in [2.75, 3.05) is 13.2 Å². The number of benzene rings is 3. The van der Waals surface area contributed by atoms with E-state index in [0.29, 0.717) is 19.6 Å². The van der Waals surface area contributed by atoms with Gasteiger partial charge in [0.1, 0.15) is 0 Å². The fourth-order valence-electron chi connectivity index (χ4n) is 4.82. The molecule has 0 aliphatic carbocycles. The van der Waals surface area contributed by atoms with Gasteiger partial charge in [-0.1, -0.05) is 0 Å². The van der Waals surface area contributed by atoms with Crippen LogP contribution in [0.4, 0.5) is 0 Å². The molecule has 1 atom stereocenters. The van der Waals surface area contributed by atoms with Gasteiger partial charge in [-0.2, -0.15) is 0 Å². The average molecular weight is 543 g/mol. The first-order valence-corrected chi connectivity index (χ1v) is 18.3. The summed E-state index contributed by atoms with van der Waals surface area (Å²) in [5, 5.41) is 0. The van der Waals surface area contributed by atoms with Gasteiger partial charge in [0.25, 0.3) is 0 Å². The van der Waals surface area contributed by atoms with E-state index in [1.165, 1.54) is 10.7 Å². The van der Waals surface area contributed by atoms with Crippen molar-refractivity contribution in [2.45, 2.75) is 37.3 Å². The molecule has 0 spiro atoms. The van der Waals surface area contributed by atoms with E-state index in [1.807, 2.05) is 32.0 Å². The van der Waals surface area contributed by atoms with Crippen LogP contribution in [0.25, 0.3) is 0 Å². The van der Waals surface area contributed by atoms with Crippen molar-refractivity contribution >= 4 is 36.7 Å². The fraction of sp³-hybridized carbons (Fsp3) is 0.308. The summed E-state index contributed by atoms with van der Waals surface area (Å²) in [7, 11) is -3.47. The first-order chi connectivity index (χ1) is 15.0. The van der Waals surface area contributed by atoms with Gasteiger partial charge in [0.15, 0.2) is 0 Å². The third-order valence-corrected chi connectivity index (χ3v) is 29.5. The molecule has 164 valence electrons. The average Bonchev–Trinajstić information content (AvgIpc) is 2.82. The van der Waals surface area contributed by atoms with Gasteiger partial charge < -0.3 is 0 Å². The van der Waals surface area contributed by atoms with E-state index in [2.05, 4.69) is 86.6 Å². The molecule has 0 radical (unpaired) electrons. The summed E-state index contributed by atoms with van der Waals surface area (Å²) >= 11 is -4.00. The number of hydrogen-bond donors (Lipinski definition) is 0. The molecule has 0 aromatic heterocycles. The topological polar surface area (TPSA) is 35.5 Å². The number of hydrogen-bond acceptors (Lipinski definition) is 3. The second kappa shape index (κ2) is 10.5. The van der Waals surface area contributed by atoms with Crippen molar-refractivity contribution in [3.63, 3.8) is 0 Å². The van der Waals surface area contributed by atoms with Crippen LogP contribution in [-0.2, 0) is 13.6 Å². The molecule has 0 N–H and O–H groups in total. The molecule has 0 fully saturated rings. The Morgan fingerprint density at radius 3 is 1.26 bits per heavy atom. The van der Waals surface area contributed by atoms with Crippen molar-refractivity contribution in [1.82, 2.24) is 0 Å². The maximum atomic E-state index is 14.6. The van der Waals surface area contributed by atoms with Gasteiger partial charge in [0.2, 0.25) is 0 Å². The van der Waals surface area contributed by atoms with E-state index >= 15 is 0 Å². The van der Waals surface area contributed by atoms with Crippen LogP contribution in [0.5, 0.6) is 0 Å². The molecule has 0 saturated carbocycles. The van der Waals surface area contributed by atoms with E-state index in [4.69, 9.17) is 9.05 Å². The van der Waals surface area contributed by atoms with Gasteiger partial charge in [-0.05, 0) is 0 Å². The molecule has 3 rings (SSSR count). The first kappa shape index (κ1) is 24.3. The SMILES string of the molecule is CCOP(=O)(OCC)[C](C)(CC)[Sn]([c]1ccccc1)([c]1ccccc1)[c]1ccccc1. The van der Waals surface area contributed by atoms with Crippen molar-refractivity contribution in [1.29, 1.82) is 0 Å². The van der Waals surface area contributed by atoms with E-state index < -0.39 is 29.1 Å². The summed E-state index contributed by atoms with van der Waals surface area (Å²) < 4.78 is 30.0. The molecular formula is C26H33O3PSn. The van der Waals surface area contributed by atoms with Crippen molar-refractivity contribution in [3.05, 3.63) is 91.0 Å². The van der Waals surface area contributed by atoms with Crippen molar-refractivity contribution < 1.29 is 13.6 Å². The van der Waals surface area contributed by atoms with Gasteiger partial charge in [-0.25, -0.2) is 0 Å². The normalized spacial score (nSPS) is 14.2. The van der Waals surface area contributed by atoms with E-state index in [9.17, 15) is 4.57 Å². The van der Waals surface area contributed by atoms with Gasteiger partial charge >= 0.3 is 192 Å². The zero-order valence-corrected chi connectivity index (χ0v) is 22.7. The Kier molecular flexibility index (Phi) is 8.20. The summed E-state index contributed by atoms with van der Waals surface area (Å²) in [6.45, 7) is 8.78. The third kappa shape index (κ3) is 4.18. The zero-order valence-electron chi connectivity index (χ0n) is 19.0. The van der Waals surface area contributed by atoms with Crippen molar-refractivity contribution in [2.24, 2.45) is 0 Å². The van der Waals surface area contributed by atoms with Crippen LogP contribution in [-0.4, -0.2) is 34.8 Å². The Balaban J connectivity index is 2.52. The van der Waals surface area contributed by atoms with Gasteiger partial charge in [0.05, 0.1) is 0 Å². The summed E-state index contributed by atoms with van der Waals surface area (Å²) in [5.41, 5.74) is 0. The first-order valence-electron chi connectivity index (χ1n) is 11.1. The molecule has 31 heavy (non-hydrogen) atoms. The molecule has 0 saturated heterocycles. The Bertz CT molecular complexity index is 888. The standard InChI is InChI=1S/C8H18O3P.3C6H5.Sn/c1-5-8(4)12(9,10-6-2)11-7-3;3*1-2-4-6-5-3-1;/h5-7H2,1-4H3;3*1-5H;. The Labute approximate surface area is 191 Å². The molecule has 1 unspecified atom stereocenters. The van der Waals surface area contributed by atoms with Gasteiger partial charge in [0, 0.05) is 0 Å². The Morgan fingerprint density at radius 2 is 1.00 bits per heavy atom. The second-order valence-corrected chi connectivity index (χ2v) is 23.9. The Hall–Kier alpha value is -1.39. The predicted molar refractivity (Wildman–Crippen MR) is 134 cm³/mol. The third-order valence-electron chi connectivity index (χ3n) is 6.32. The van der Waals surface area contributed by atoms with Crippen LogP contribution in [0.15, 0.2) is 91.0 Å². The molecule has 3 aromatic carbocycles. The molecule has 0 amide bonds. The van der Waals surface area contributed by atoms with Crippen LogP contribution < -0.4 is 10.7 Å². The molecule has 0 aliphatic rings. The Morgan fingerprint density at radius 1 is 0.677 bits per heavy atom. The van der Waals surface area contributed by atoms with Crippen molar-refractivity contribution in [3.8, 4) is 0 Å². The monoisotopic (exact) mass is 544 g/mol. The predicted octanol–water partition coefficient (Wildman–Crippen LogP) is 5.13. The molecule has 0 heterocycles. The summed E-state index contributed by atoms with van der Waals surface area (Å²) in [5.74, 6) is 0. The zero-order chi connectivity index (χ0) is 22.4. The summed E-state index contributed by atoms with van der Waals surface area (Å²) in [6, 6.07) is 32.0. The fourth-order valence-corrected chi connectivity index (χ4v) is 29.8. The summed E-state index contributed by atoms with van der Waals surface area (Å²) in [4.78, 5) is 0. The molecular weight excluding hydrogens is 510 g/mol. The van der Waals surface area contributed by atoms with Gasteiger partial charge in [-0.3, -0.25) is 0 Å². The van der Waals surface area contributed by atoms with E-state index in [1.54, 1.807) is 0 Å². The van der Waals surface area contributed by atoms with E-state index in [0.717, 1.165) is 0 Å². The number of rotatable bonds is 10. The molecule has 3 aromatic rings. The molecule has 5 heteroatoms. The minimum absolute atomic E-state index is 0.354. The molecule has 0 aliphatic heterocycles. The quantitative estimate of drug-likeness (QED) is 0.263. The van der Waals surface area contributed by atoms with Gasteiger partial charge in [-0.15, -0.1) is 0 Å². The van der Waals surface area contributed by atoms with Crippen LogP contribution in [0.1, 0.15) is 34.1 Å². The van der Waals surface area contributed by atoms with Crippen LogP contribution >= 0.6 is 7.60 Å². The second-order valence-electron chi connectivity index (χ2n) is 7.81. The van der Waals surface area contributed by atoms with Crippen LogP contribution in [0.3, 0.4) is 0 Å². The molecule has 0 bridgehead atoms.